The molecule has 5 nitrogen and oxygen atoms in total. The number of unbranched alkanes of at least 4 members (excludes halogenated alkanes) is 4. The van der Waals surface area contributed by atoms with Crippen molar-refractivity contribution in [3.8, 4) is 0 Å². The Kier molecular flexibility index (Phi) is 11.2. The summed E-state index contributed by atoms with van der Waals surface area (Å²) in [7, 11) is -3.74. The average Bonchev–Trinajstić information content (AvgIpc) is 3.45. The second-order valence-electron chi connectivity index (χ2n) is 11.5. The van der Waals surface area contributed by atoms with Crippen LogP contribution in [0.25, 0.3) is 0 Å². The van der Waals surface area contributed by atoms with Crippen molar-refractivity contribution >= 4 is 9.84 Å². The van der Waals surface area contributed by atoms with Crippen molar-refractivity contribution in [1.29, 1.82) is 0 Å². The highest BCUT2D eigenvalue weighted by Crippen LogP contribution is 2.59. The molecule has 5 atom stereocenters. The van der Waals surface area contributed by atoms with Gasteiger partial charge in [0.15, 0.2) is 9.84 Å². The summed E-state index contributed by atoms with van der Waals surface area (Å²) in [4.78, 5) is 0.313. The predicted octanol–water partition coefficient (Wildman–Crippen LogP) is 6.80. The third-order valence-electron chi connectivity index (χ3n) is 8.69. The highest BCUT2D eigenvalue weighted by Gasteiger charge is 2.64. The number of aliphatic hydroxyl groups excluding tert-OH is 2. The number of aliphatic hydroxyl groups is 2. The molecule has 0 spiro atoms. The Bertz CT molecular complexity index is 1210. The normalized spacial score (nSPS) is 26.5. The van der Waals surface area contributed by atoms with Gasteiger partial charge in [-0.15, -0.1) is 0 Å². The van der Waals surface area contributed by atoms with E-state index in [9.17, 15) is 18.6 Å². The van der Waals surface area contributed by atoms with Crippen molar-refractivity contribution in [3.05, 3.63) is 90.0 Å². The summed E-state index contributed by atoms with van der Waals surface area (Å²) >= 11 is 0. The van der Waals surface area contributed by atoms with Gasteiger partial charge in [0.25, 0.3) is 0 Å². The summed E-state index contributed by atoms with van der Waals surface area (Å²) in [5.74, 6) is -0.708. The zero-order valence-electron chi connectivity index (χ0n) is 23.8. The first-order chi connectivity index (χ1) is 19.4. The molecule has 0 bridgehead atoms. The molecule has 0 aromatic heterocycles. The van der Waals surface area contributed by atoms with Crippen LogP contribution in [-0.4, -0.2) is 42.2 Å². The van der Waals surface area contributed by atoms with E-state index in [1.807, 2.05) is 30.3 Å². The van der Waals surface area contributed by atoms with Crippen LogP contribution in [0.2, 0.25) is 0 Å². The molecular formula is C34H46O5S. The van der Waals surface area contributed by atoms with Gasteiger partial charge in [-0.3, -0.25) is 0 Å². The van der Waals surface area contributed by atoms with Gasteiger partial charge in [-0.1, -0.05) is 98.5 Å². The summed E-state index contributed by atoms with van der Waals surface area (Å²) in [6.07, 6.45) is 12.5. The van der Waals surface area contributed by atoms with Crippen molar-refractivity contribution in [2.75, 3.05) is 6.61 Å². The molecule has 2 aliphatic rings. The molecule has 0 unspecified atom stereocenters. The highest BCUT2D eigenvalue weighted by molar-refractivity contribution is 7.93. The summed E-state index contributed by atoms with van der Waals surface area (Å²) in [5, 5.41) is 21.7. The minimum absolute atomic E-state index is 0.153. The molecule has 0 heterocycles. The van der Waals surface area contributed by atoms with Gasteiger partial charge in [0.2, 0.25) is 0 Å². The third kappa shape index (κ3) is 7.14. The first kappa shape index (κ1) is 30.7. The molecule has 0 radical (unpaired) electrons. The molecule has 2 fully saturated rings. The third-order valence-corrected chi connectivity index (χ3v) is 11.3. The molecule has 2 aromatic carbocycles. The molecule has 0 aliphatic heterocycles. The quantitative estimate of drug-likeness (QED) is 0.183. The van der Waals surface area contributed by atoms with Crippen molar-refractivity contribution in [1.82, 2.24) is 0 Å². The predicted molar refractivity (Wildman–Crippen MR) is 161 cm³/mol. The molecule has 6 heteroatoms. The summed E-state index contributed by atoms with van der Waals surface area (Å²) in [6, 6.07) is 18.8. The zero-order valence-corrected chi connectivity index (χ0v) is 24.6. The lowest BCUT2D eigenvalue weighted by molar-refractivity contribution is 0.117. The Morgan fingerprint density at radius 2 is 1.75 bits per heavy atom. The van der Waals surface area contributed by atoms with E-state index in [-0.39, 0.29) is 5.92 Å². The number of ether oxygens (including phenoxy) is 1. The van der Waals surface area contributed by atoms with Crippen LogP contribution in [0.15, 0.2) is 89.4 Å². The van der Waals surface area contributed by atoms with Crippen molar-refractivity contribution in [2.24, 2.45) is 11.8 Å². The zero-order chi connectivity index (χ0) is 28.4. The van der Waals surface area contributed by atoms with Gasteiger partial charge < -0.3 is 14.9 Å². The van der Waals surface area contributed by atoms with E-state index in [1.165, 1.54) is 11.1 Å². The number of sulfone groups is 1. The molecule has 40 heavy (non-hydrogen) atoms. The van der Waals surface area contributed by atoms with Gasteiger partial charge in [0.05, 0.1) is 28.5 Å². The second kappa shape index (κ2) is 14.6. The topological polar surface area (TPSA) is 83.8 Å². The van der Waals surface area contributed by atoms with Gasteiger partial charge in [0.1, 0.15) is 0 Å². The van der Waals surface area contributed by atoms with Crippen molar-refractivity contribution in [2.45, 2.75) is 99.6 Å². The van der Waals surface area contributed by atoms with E-state index >= 15 is 0 Å². The van der Waals surface area contributed by atoms with E-state index in [0.29, 0.717) is 43.8 Å². The minimum atomic E-state index is -3.74. The summed E-state index contributed by atoms with van der Waals surface area (Å²) in [6.45, 7) is 3.45. The minimum Gasteiger partial charge on any atom is -0.392 e. The van der Waals surface area contributed by atoms with Gasteiger partial charge >= 0.3 is 0 Å². The van der Waals surface area contributed by atoms with Crippen LogP contribution in [0.1, 0.15) is 76.7 Å². The number of hydrogen-bond donors (Lipinski definition) is 2. The largest absolute Gasteiger partial charge is 0.392 e. The van der Waals surface area contributed by atoms with E-state index in [0.717, 1.165) is 38.5 Å². The van der Waals surface area contributed by atoms with E-state index < -0.39 is 32.7 Å². The Hall–Kier alpha value is -2.25. The maximum atomic E-state index is 14.3. The van der Waals surface area contributed by atoms with Gasteiger partial charge in [-0.05, 0) is 68.6 Å². The van der Waals surface area contributed by atoms with Crippen molar-refractivity contribution < 1.29 is 23.4 Å². The SMILES string of the molecule is CCCCC[C@H](O)/C=C/[C@H]1[C@H](O)C[C@@H]2C/C(=C\CCCCOCc3ccccc3)C[C@@]21S(=O)(=O)c1ccccc1. The van der Waals surface area contributed by atoms with Gasteiger partial charge in [-0.25, -0.2) is 8.42 Å². The lowest BCUT2D eigenvalue weighted by Gasteiger charge is -2.34. The molecular weight excluding hydrogens is 520 g/mol. The van der Waals surface area contributed by atoms with Crippen LogP contribution in [-0.2, 0) is 21.2 Å². The second-order valence-corrected chi connectivity index (χ2v) is 13.8. The molecule has 2 saturated carbocycles. The molecule has 2 N–H and O–H groups in total. The number of fused-ring (bicyclic) bond motifs is 1. The Balaban J connectivity index is 1.45. The smallest absolute Gasteiger partial charge is 0.185 e. The molecule has 218 valence electrons. The Morgan fingerprint density at radius 1 is 1.02 bits per heavy atom. The molecule has 4 rings (SSSR count). The van der Waals surface area contributed by atoms with Crippen LogP contribution < -0.4 is 0 Å². The van der Waals surface area contributed by atoms with E-state index in [2.05, 4.69) is 25.1 Å². The number of benzene rings is 2. The molecule has 2 aliphatic carbocycles. The standard InChI is InChI=1S/C34H46O5S/c1-2-3-7-17-30(35)20-21-32-33(36)24-29-23-28(16-10-6-13-22-39-26-27-14-8-4-9-15-27)25-34(29,32)40(37,38)31-18-11-5-12-19-31/h4-5,8-9,11-12,14-16,18-21,29-30,32-33,35-36H,2-3,6-7,10,13,17,22-26H2,1H3/b21-20+,28-16+/t29-,30-,32-,33+,34+/m0/s1. The van der Waals surface area contributed by atoms with Crippen LogP contribution in [0.4, 0.5) is 0 Å². The van der Waals surface area contributed by atoms with Crippen LogP contribution in [0.5, 0.6) is 0 Å². The first-order valence-corrected chi connectivity index (χ1v) is 16.5. The van der Waals surface area contributed by atoms with Crippen LogP contribution >= 0.6 is 0 Å². The first-order valence-electron chi connectivity index (χ1n) is 15.0. The monoisotopic (exact) mass is 566 g/mol. The Labute approximate surface area is 240 Å². The fourth-order valence-corrected chi connectivity index (χ4v) is 9.17. The maximum absolute atomic E-state index is 14.3. The van der Waals surface area contributed by atoms with Crippen LogP contribution in [0.3, 0.4) is 0 Å². The fraction of sp³-hybridized carbons (Fsp3) is 0.529. The lowest BCUT2D eigenvalue weighted by Crippen LogP contribution is -2.45. The highest BCUT2D eigenvalue weighted by atomic mass is 32.2. The van der Waals surface area contributed by atoms with E-state index in [4.69, 9.17) is 4.74 Å². The number of hydrogen-bond acceptors (Lipinski definition) is 5. The average molecular weight is 567 g/mol. The number of rotatable bonds is 15. The Morgan fingerprint density at radius 3 is 2.48 bits per heavy atom. The van der Waals surface area contributed by atoms with Gasteiger partial charge in [-0.2, -0.15) is 0 Å². The van der Waals surface area contributed by atoms with E-state index in [1.54, 1.807) is 30.3 Å². The fourth-order valence-electron chi connectivity index (χ4n) is 6.62. The van der Waals surface area contributed by atoms with Gasteiger partial charge in [0, 0.05) is 12.5 Å². The molecule has 2 aromatic rings. The molecule has 0 amide bonds. The maximum Gasteiger partial charge on any atom is 0.185 e. The summed E-state index contributed by atoms with van der Waals surface area (Å²) < 4.78 is 33.3. The lowest BCUT2D eigenvalue weighted by atomic mass is 9.89. The van der Waals surface area contributed by atoms with Crippen molar-refractivity contribution in [3.63, 3.8) is 0 Å². The summed E-state index contributed by atoms with van der Waals surface area (Å²) in [5.41, 5.74) is 2.34. The molecule has 0 saturated heterocycles. The van der Waals surface area contributed by atoms with Crippen LogP contribution in [0, 0.1) is 11.8 Å². The number of allylic oxidation sites excluding steroid dienone is 2.